The molecule has 5 heterocycles. The molecule has 2 aromatic rings. The minimum atomic E-state index is -0.798. The molecule has 282 valence electrons. The lowest BCUT2D eigenvalue weighted by Crippen LogP contribution is -2.58. The molecule has 3 saturated heterocycles. The summed E-state index contributed by atoms with van der Waals surface area (Å²) in [4.78, 5) is 67.1. The number of carbonyl (C=O) groups excluding carboxylic acids is 4. The second-order valence-corrected chi connectivity index (χ2v) is 16.2. The summed E-state index contributed by atoms with van der Waals surface area (Å²) in [7, 11) is 0. The number of aromatic nitrogens is 2. The van der Waals surface area contributed by atoms with E-state index in [9.17, 15) is 24.4 Å². The van der Waals surface area contributed by atoms with Crippen LogP contribution in [-0.4, -0.2) is 103 Å². The van der Waals surface area contributed by atoms with E-state index in [1.807, 2.05) is 19.9 Å². The fourth-order valence-electron chi connectivity index (χ4n) is 8.57. The highest BCUT2D eigenvalue weighted by Crippen LogP contribution is 2.40. The van der Waals surface area contributed by atoms with Gasteiger partial charge in [0.1, 0.15) is 11.6 Å². The molecule has 4 aliphatic rings. The first-order valence-electron chi connectivity index (χ1n) is 18.6. The third-order valence-corrected chi connectivity index (χ3v) is 12.0. The standard InChI is InChI=1S/C38H48ClN9O4S/c1-23-20-45(21-24(2)46(23)22-34(50)43-26-9-13-31(41-18-26)29-12-14-33(49)44-35(29)51)15-5-6-25-7-10-27(11-8-25)48-37(53)47(36(52)38(48,3)4)28-16-30(39)32(17-40)42-19-28/h9,13,16,18-19,23-25,27,29H,5-8,10-12,14-15,20-22H2,1-4H3,(H,43,50)(H,44,49,51)/t23-,24+,25-,27-,29?. The summed E-state index contributed by atoms with van der Waals surface area (Å²) >= 11 is 12.1. The molecule has 2 N–H and O–H groups in total. The number of pyridine rings is 2. The van der Waals surface area contributed by atoms with E-state index in [0.29, 0.717) is 40.9 Å². The molecule has 3 aliphatic heterocycles. The molecule has 53 heavy (non-hydrogen) atoms. The minimum Gasteiger partial charge on any atom is -0.331 e. The van der Waals surface area contributed by atoms with Crippen molar-refractivity contribution in [3.8, 4) is 6.07 Å². The first-order valence-corrected chi connectivity index (χ1v) is 19.4. The molecule has 1 aliphatic carbocycles. The van der Waals surface area contributed by atoms with Crippen LogP contribution in [0, 0.1) is 17.2 Å². The lowest BCUT2D eigenvalue weighted by atomic mass is 9.82. The quantitative estimate of drug-likeness (QED) is 0.258. The van der Waals surface area contributed by atoms with Crippen molar-refractivity contribution < 1.29 is 19.2 Å². The summed E-state index contributed by atoms with van der Waals surface area (Å²) < 4.78 is 0. The van der Waals surface area contributed by atoms with Gasteiger partial charge < -0.3 is 15.1 Å². The fourth-order valence-corrected chi connectivity index (χ4v) is 9.33. The van der Waals surface area contributed by atoms with Crippen molar-refractivity contribution in [2.24, 2.45) is 5.92 Å². The Labute approximate surface area is 321 Å². The van der Waals surface area contributed by atoms with E-state index in [-0.39, 0.29) is 59.0 Å². The summed E-state index contributed by atoms with van der Waals surface area (Å²) in [5.41, 5.74) is 0.960. The fraction of sp³-hybridized carbons (Fsp3) is 0.579. The largest absolute Gasteiger partial charge is 0.331 e. The van der Waals surface area contributed by atoms with Crippen LogP contribution in [0.5, 0.6) is 0 Å². The number of halogens is 1. The van der Waals surface area contributed by atoms with E-state index in [0.717, 1.165) is 58.2 Å². The van der Waals surface area contributed by atoms with Gasteiger partial charge in [-0.2, -0.15) is 5.26 Å². The molecule has 15 heteroatoms. The van der Waals surface area contributed by atoms with Crippen LogP contribution in [0.1, 0.15) is 96.4 Å². The molecular weight excluding hydrogens is 714 g/mol. The maximum Gasteiger partial charge on any atom is 0.258 e. The Hall–Kier alpha value is -4.03. The van der Waals surface area contributed by atoms with E-state index < -0.39 is 11.5 Å². The van der Waals surface area contributed by atoms with Gasteiger partial charge >= 0.3 is 0 Å². The molecule has 0 aromatic carbocycles. The average molecular weight is 762 g/mol. The topological polar surface area (TPSA) is 155 Å². The summed E-state index contributed by atoms with van der Waals surface area (Å²) in [5, 5.41) is 15.2. The van der Waals surface area contributed by atoms with Crippen LogP contribution in [0.25, 0.3) is 0 Å². The molecule has 0 bridgehead atoms. The van der Waals surface area contributed by atoms with E-state index >= 15 is 0 Å². The van der Waals surface area contributed by atoms with Crippen LogP contribution in [0.4, 0.5) is 11.4 Å². The van der Waals surface area contributed by atoms with Crippen molar-refractivity contribution in [2.45, 2.75) is 109 Å². The van der Waals surface area contributed by atoms with Gasteiger partial charge in [0, 0.05) is 37.6 Å². The molecule has 4 amide bonds. The zero-order valence-electron chi connectivity index (χ0n) is 30.8. The monoisotopic (exact) mass is 761 g/mol. The predicted molar refractivity (Wildman–Crippen MR) is 205 cm³/mol. The number of nitrogens with one attached hydrogen (secondary N) is 2. The molecule has 6 rings (SSSR count). The van der Waals surface area contributed by atoms with Crippen LogP contribution in [0.15, 0.2) is 30.6 Å². The van der Waals surface area contributed by atoms with Crippen molar-refractivity contribution >= 4 is 63.9 Å². The third-order valence-electron chi connectivity index (χ3n) is 11.4. The summed E-state index contributed by atoms with van der Waals surface area (Å²) in [6.07, 6.45) is 10.2. The average Bonchev–Trinajstić information content (AvgIpc) is 3.29. The SMILES string of the molecule is C[C@@H]1CN(CCC[C@H]2CC[C@H](N3C(=S)N(c4cnc(C#N)c(Cl)c4)C(=O)C3(C)C)CC2)C[C@H](C)N1CC(=O)Nc1ccc(C2CCC(=O)NC2=O)nc1. The lowest BCUT2D eigenvalue weighted by molar-refractivity contribution is -0.134. The van der Waals surface area contributed by atoms with E-state index in [1.165, 1.54) is 11.1 Å². The van der Waals surface area contributed by atoms with Gasteiger partial charge in [0.15, 0.2) is 10.8 Å². The van der Waals surface area contributed by atoms with Crippen LogP contribution < -0.4 is 15.5 Å². The smallest absolute Gasteiger partial charge is 0.258 e. The van der Waals surface area contributed by atoms with Crippen LogP contribution in [0.2, 0.25) is 5.02 Å². The van der Waals surface area contributed by atoms with Crippen molar-refractivity contribution in [3.05, 3.63) is 47.0 Å². The number of imide groups is 1. The second-order valence-electron chi connectivity index (χ2n) is 15.5. The molecule has 3 atom stereocenters. The highest BCUT2D eigenvalue weighted by Gasteiger charge is 2.52. The maximum atomic E-state index is 13.6. The van der Waals surface area contributed by atoms with Gasteiger partial charge in [0.2, 0.25) is 17.7 Å². The molecular formula is C38H48ClN9O4S. The Bertz CT molecular complexity index is 1780. The normalized spacial score (nSPS) is 26.8. The van der Waals surface area contributed by atoms with E-state index in [2.05, 4.69) is 49.1 Å². The summed E-state index contributed by atoms with van der Waals surface area (Å²) in [5.74, 6) is -0.641. The van der Waals surface area contributed by atoms with Crippen molar-refractivity contribution in [2.75, 3.05) is 36.4 Å². The van der Waals surface area contributed by atoms with Gasteiger partial charge in [-0.3, -0.25) is 39.3 Å². The summed E-state index contributed by atoms with van der Waals surface area (Å²) in [6.45, 7) is 11.3. The van der Waals surface area contributed by atoms with Gasteiger partial charge in [0.25, 0.3) is 5.91 Å². The number of piperidine rings is 1. The number of thiocarbonyl (C=S) groups is 1. The maximum absolute atomic E-state index is 13.6. The molecule has 2 aromatic heterocycles. The Morgan fingerprint density at radius 1 is 1.08 bits per heavy atom. The minimum absolute atomic E-state index is 0.103. The number of nitriles is 1. The Kier molecular flexibility index (Phi) is 11.8. The zero-order valence-corrected chi connectivity index (χ0v) is 32.4. The number of hydrogen-bond acceptors (Lipinski definition) is 10. The lowest BCUT2D eigenvalue weighted by Gasteiger charge is -2.44. The Morgan fingerprint density at radius 2 is 1.79 bits per heavy atom. The predicted octanol–water partition coefficient (Wildman–Crippen LogP) is 4.61. The van der Waals surface area contributed by atoms with Crippen LogP contribution in [0.3, 0.4) is 0 Å². The van der Waals surface area contributed by atoms with Crippen LogP contribution in [-0.2, 0) is 19.2 Å². The van der Waals surface area contributed by atoms with E-state index in [4.69, 9.17) is 23.8 Å². The first kappa shape index (κ1) is 38.7. The molecule has 0 radical (unpaired) electrons. The van der Waals surface area contributed by atoms with Crippen molar-refractivity contribution in [1.82, 2.24) is 30.0 Å². The number of nitrogens with zero attached hydrogens (tertiary/aromatic N) is 7. The number of rotatable bonds is 10. The van der Waals surface area contributed by atoms with Gasteiger partial charge in [0.05, 0.1) is 46.9 Å². The van der Waals surface area contributed by atoms with Crippen molar-refractivity contribution in [1.29, 1.82) is 5.26 Å². The first-order chi connectivity index (χ1) is 25.3. The Balaban J connectivity index is 0.926. The number of amides is 4. The molecule has 4 fully saturated rings. The molecule has 1 saturated carbocycles. The molecule has 0 spiro atoms. The molecule has 1 unspecified atom stereocenters. The second kappa shape index (κ2) is 16.1. The summed E-state index contributed by atoms with van der Waals surface area (Å²) in [6, 6.07) is 7.64. The van der Waals surface area contributed by atoms with E-state index in [1.54, 1.807) is 24.4 Å². The number of anilines is 2. The highest BCUT2D eigenvalue weighted by molar-refractivity contribution is 7.80. The third kappa shape index (κ3) is 8.38. The highest BCUT2D eigenvalue weighted by atomic mass is 35.5. The number of hydrogen-bond donors (Lipinski definition) is 2. The van der Waals surface area contributed by atoms with Gasteiger partial charge in [-0.1, -0.05) is 11.6 Å². The zero-order chi connectivity index (χ0) is 38.0. The van der Waals surface area contributed by atoms with Gasteiger partial charge in [-0.05, 0) is 116 Å². The Morgan fingerprint density at radius 3 is 2.42 bits per heavy atom. The van der Waals surface area contributed by atoms with Crippen LogP contribution >= 0.6 is 23.8 Å². The van der Waals surface area contributed by atoms with Gasteiger partial charge in [-0.25, -0.2) is 4.98 Å². The van der Waals surface area contributed by atoms with Gasteiger partial charge in [-0.15, -0.1) is 0 Å². The van der Waals surface area contributed by atoms with Crippen molar-refractivity contribution in [3.63, 3.8) is 0 Å². The number of carbonyl (C=O) groups is 4. The number of piperazine rings is 1. The molecule has 13 nitrogen and oxygen atoms in total.